The smallest absolute Gasteiger partial charge is 0.409 e. The van der Waals surface area contributed by atoms with Crippen molar-refractivity contribution in [2.45, 2.75) is 0 Å². The summed E-state index contributed by atoms with van der Waals surface area (Å²) in [5.41, 5.74) is -1.32. The first-order chi connectivity index (χ1) is 7.09. The zero-order valence-electron chi connectivity index (χ0n) is 7.22. The second kappa shape index (κ2) is 3.05. The second-order valence-corrected chi connectivity index (χ2v) is 2.75. The largest absolute Gasteiger partial charge is 0.419 e. The van der Waals surface area contributed by atoms with E-state index in [9.17, 15) is 19.7 Å². The molecule has 1 N–H and O–H groups in total. The number of rotatable bonds is 1. The monoisotopic (exact) mass is 208 g/mol. The number of H-pyrrole nitrogens is 1. The summed E-state index contributed by atoms with van der Waals surface area (Å²) in [5.74, 6) is -0.937. The molecule has 0 saturated heterocycles. The van der Waals surface area contributed by atoms with E-state index >= 15 is 0 Å². The third-order valence-corrected chi connectivity index (χ3v) is 1.85. The standard InChI is InChI=1S/C8H4N2O5/c11-7-6-4(10(13)14)2-1-3-5(6)15-8(12)9-7/h1-3H,(H,9,11,12). The van der Waals surface area contributed by atoms with Gasteiger partial charge in [0.1, 0.15) is 0 Å². The lowest BCUT2D eigenvalue weighted by Crippen LogP contribution is -2.18. The van der Waals surface area contributed by atoms with Crippen molar-refractivity contribution in [2.75, 3.05) is 0 Å². The van der Waals surface area contributed by atoms with E-state index in [1.807, 2.05) is 4.98 Å². The Bertz CT molecular complexity index is 654. The van der Waals surface area contributed by atoms with E-state index < -0.39 is 21.9 Å². The van der Waals surface area contributed by atoms with E-state index in [2.05, 4.69) is 4.42 Å². The topological polar surface area (TPSA) is 106 Å². The van der Waals surface area contributed by atoms with Crippen LogP contribution in [0.5, 0.6) is 0 Å². The SMILES string of the molecule is O=c1[nH]c(=O)c2c([N+](=O)[O-])cccc2o1. The highest BCUT2D eigenvalue weighted by Crippen LogP contribution is 2.19. The molecule has 0 spiro atoms. The fraction of sp³-hybridized carbons (Fsp3) is 0. The summed E-state index contributed by atoms with van der Waals surface area (Å²) in [5, 5.41) is 10.4. The minimum absolute atomic E-state index is 0.0991. The molecule has 0 aliphatic carbocycles. The summed E-state index contributed by atoms with van der Waals surface area (Å²) >= 11 is 0. The van der Waals surface area contributed by atoms with Crippen LogP contribution in [0.4, 0.5) is 5.69 Å². The molecule has 0 atom stereocenters. The van der Waals surface area contributed by atoms with Gasteiger partial charge < -0.3 is 4.42 Å². The number of aromatic amines is 1. The zero-order valence-corrected chi connectivity index (χ0v) is 7.22. The minimum atomic E-state index is -0.937. The predicted octanol–water partition coefficient (Wildman–Crippen LogP) is 0.390. The van der Waals surface area contributed by atoms with Gasteiger partial charge in [0.15, 0.2) is 11.0 Å². The Morgan fingerprint density at radius 1 is 1.33 bits per heavy atom. The lowest BCUT2D eigenvalue weighted by Gasteiger charge is -1.95. The maximum atomic E-state index is 11.3. The van der Waals surface area contributed by atoms with Crippen molar-refractivity contribution in [3.8, 4) is 0 Å². The molecular formula is C8H4N2O5. The number of hydrogen-bond donors (Lipinski definition) is 1. The molecule has 7 heteroatoms. The molecule has 0 amide bonds. The minimum Gasteiger partial charge on any atom is -0.409 e. The van der Waals surface area contributed by atoms with Gasteiger partial charge in [-0.2, -0.15) is 0 Å². The summed E-state index contributed by atoms with van der Waals surface area (Å²) in [6, 6.07) is 3.82. The van der Waals surface area contributed by atoms with E-state index in [0.717, 1.165) is 6.07 Å². The molecule has 0 fully saturated rings. The van der Waals surface area contributed by atoms with Crippen LogP contribution < -0.4 is 11.3 Å². The molecule has 0 saturated carbocycles. The zero-order chi connectivity index (χ0) is 11.0. The summed E-state index contributed by atoms with van der Waals surface area (Å²) in [4.78, 5) is 33.8. The highest BCUT2D eigenvalue weighted by molar-refractivity contribution is 5.85. The molecular weight excluding hydrogens is 204 g/mol. The second-order valence-electron chi connectivity index (χ2n) is 2.75. The number of nitrogens with one attached hydrogen (secondary N) is 1. The van der Waals surface area contributed by atoms with Crippen LogP contribution in [0.3, 0.4) is 0 Å². The molecule has 2 aromatic rings. The third-order valence-electron chi connectivity index (χ3n) is 1.85. The van der Waals surface area contributed by atoms with Gasteiger partial charge >= 0.3 is 5.76 Å². The highest BCUT2D eigenvalue weighted by Gasteiger charge is 2.16. The van der Waals surface area contributed by atoms with Crippen LogP contribution in [0.25, 0.3) is 11.0 Å². The number of nitro benzene ring substituents is 1. The Morgan fingerprint density at radius 3 is 2.73 bits per heavy atom. The van der Waals surface area contributed by atoms with E-state index in [1.54, 1.807) is 0 Å². The van der Waals surface area contributed by atoms with Crippen LogP contribution in [-0.4, -0.2) is 9.91 Å². The van der Waals surface area contributed by atoms with Crippen LogP contribution in [0.15, 0.2) is 32.2 Å². The van der Waals surface area contributed by atoms with E-state index in [4.69, 9.17) is 0 Å². The van der Waals surface area contributed by atoms with Crippen molar-refractivity contribution >= 4 is 16.7 Å². The Morgan fingerprint density at radius 2 is 2.07 bits per heavy atom. The number of nitro groups is 1. The number of fused-ring (bicyclic) bond motifs is 1. The van der Waals surface area contributed by atoms with Crippen molar-refractivity contribution in [3.05, 3.63) is 49.2 Å². The maximum absolute atomic E-state index is 11.3. The van der Waals surface area contributed by atoms with Gasteiger partial charge in [0.2, 0.25) is 0 Å². The van der Waals surface area contributed by atoms with Gasteiger partial charge in [0, 0.05) is 6.07 Å². The normalized spacial score (nSPS) is 10.4. The summed E-state index contributed by atoms with van der Waals surface area (Å²) < 4.78 is 4.62. The molecule has 0 aliphatic rings. The molecule has 1 heterocycles. The molecule has 0 unspecified atom stereocenters. The quantitative estimate of drug-likeness (QED) is 0.538. The van der Waals surface area contributed by atoms with Gasteiger partial charge in [-0.25, -0.2) is 4.79 Å². The molecule has 0 radical (unpaired) electrons. The number of non-ortho nitro benzene ring substituents is 1. The van der Waals surface area contributed by atoms with Gasteiger partial charge in [0.05, 0.1) is 4.92 Å². The van der Waals surface area contributed by atoms with Gasteiger partial charge in [-0.3, -0.25) is 19.9 Å². The Balaban J connectivity index is 3.05. The van der Waals surface area contributed by atoms with Crippen LogP contribution in [-0.2, 0) is 0 Å². The average molecular weight is 208 g/mol. The lowest BCUT2D eigenvalue weighted by molar-refractivity contribution is -0.383. The summed E-state index contributed by atoms with van der Waals surface area (Å²) in [6.07, 6.45) is 0. The molecule has 1 aromatic heterocycles. The van der Waals surface area contributed by atoms with Crippen LogP contribution >= 0.6 is 0 Å². The lowest BCUT2D eigenvalue weighted by atomic mass is 10.2. The average Bonchev–Trinajstić information content (AvgIpc) is 2.16. The van der Waals surface area contributed by atoms with Crippen molar-refractivity contribution in [1.29, 1.82) is 0 Å². The van der Waals surface area contributed by atoms with E-state index in [-0.39, 0.29) is 11.0 Å². The summed E-state index contributed by atoms with van der Waals surface area (Å²) in [6.45, 7) is 0. The number of hydrogen-bond acceptors (Lipinski definition) is 5. The Hall–Kier alpha value is -2.44. The number of aromatic nitrogens is 1. The molecule has 0 bridgehead atoms. The van der Waals surface area contributed by atoms with Gasteiger partial charge in [-0.1, -0.05) is 6.07 Å². The first-order valence-electron chi connectivity index (χ1n) is 3.90. The molecule has 1 aromatic carbocycles. The first kappa shape index (κ1) is 9.13. The molecule has 0 aliphatic heterocycles. The third kappa shape index (κ3) is 1.39. The number of benzene rings is 1. The van der Waals surface area contributed by atoms with Crippen LogP contribution in [0, 0.1) is 10.1 Å². The van der Waals surface area contributed by atoms with E-state index in [0.29, 0.717) is 0 Å². The fourth-order valence-corrected chi connectivity index (χ4v) is 1.27. The molecule has 15 heavy (non-hydrogen) atoms. The predicted molar refractivity (Wildman–Crippen MR) is 49.8 cm³/mol. The number of nitrogens with zero attached hydrogens (tertiary/aromatic N) is 1. The molecule has 76 valence electrons. The van der Waals surface area contributed by atoms with Crippen molar-refractivity contribution in [1.82, 2.24) is 4.98 Å². The molecule has 7 nitrogen and oxygen atoms in total. The Kier molecular flexibility index (Phi) is 1.86. The first-order valence-corrected chi connectivity index (χ1v) is 3.90. The van der Waals surface area contributed by atoms with Gasteiger partial charge in [-0.15, -0.1) is 0 Å². The van der Waals surface area contributed by atoms with Gasteiger partial charge in [0.25, 0.3) is 11.2 Å². The maximum Gasteiger partial charge on any atom is 0.419 e. The fourth-order valence-electron chi connectivity index (χ4n) is 1.27. The van der Waals surface area contributed by atoms with Crippen LogP contribution in [0.1, 0.15) is 0 Å². The van der Waals surface area contributed by atoms with E-state index in [1.165, 1.54) is 12.1 Å². The van der Waals surface area contributed by atoms with Crippen LogP contribution in [0.2, 0.25) is 0 Å². The van der Waals surface area contributed by atoms with Crippen molar-refractivity contribution in [3.63, 3.8) is 0 Å². The van der Waals surface area contributed by atoms with Crippen molar-refractivity contribution < 1.29 is 9.34 Å². The van der Waals surface area contributed by atoms with Crippen molar-refractivity contribution in [2.24, 2.45) is 0 Å². The molecule has 2 rings (SSSR count). The highest BCUT2D eigenvalue weighted by atomic mass is 16.6. The Labute approximate surface area is 81.1 Å². The summed E-state index contributed by atoms with van der Waals surface area (Å²) in [7, 11) is 0. The van der Waals surface area contributed by atoms with Gasteiger partial charge in [-0.05, 0) is 6.07 Å².